The molecule has 41 heavy (non-hydrogen) atoms. The maximum atomic E-state index is 13.7. The topological polar surface area (TPSA) is 54.5 Å². The van der Waals surface area contributed by atoms with E-state index in [9.17, 15) is 14.4 Å². The first-order valence-electron chi connectivity index (χ1n) is 18.0. The lowest BCUT2D eigenvalue weighted by molar-refractivity contribution is -0.862. The Labute approximate surface area is 266 Å². The highest BCUT2D eigenvalue weighted by Gasteiger charge is 2.45. The predicted molar refractivity (Wildman–Crippen MR) is 177 cm³/mol. The summed E-state index contributed by atoms with van der Waals surface area (Å²) in [6.07, 6.45) is 22.7. The molecular weight excluding hydrogens is 555 g/mol. The van der Waals surface area contributed by atoms with Crippen LogP contribution in [0.15, 0.2) is 0 Å². The Morgan fingerprint density at radius 1 is 0.634 bits per heavy atom. The van der Waals surface area contributed by atoms with Crippen LogP contribution in [0.2, 0.25) is 0 Å². The van der Waals surface area contributed by atoms with Gasteiger partial charge in [-0.25, -0.2) is 0 Å². The molecule has 0 aromatic heterocycles. The number of likely N-dealkylation sites (N-methyl/N-ethyl adjacent to an activating group) is 1. The number of hydrogen-bond acceptors (Lipinski definition) is 3. The van der Waals surface area contributed by atoms with Gasteiger partial charge in [-0.1, -0.05) is 136 Å². The molecule has 242 valence electrons. The lowest BCUT2D eigenvalue weighted by Gasteiger charge is -2.42. The van der Waals surface area contributed by atoms with Gasteiger partial charge >= 0.3 is 0 Å². The zero-order valence-corrected chi connectivity index (χ0v) is 28.5. The van der Waals surface area contributed by atoms with Crippen molar-refractivity contribution in [1.82, 2.24) is 4.90 Å². The van der Waals surface area contributed by atoms with Gasteiger partial charge < -0.3 is 9.38 Å². The van der Waals surface area contributed by atoms with Crippen molar-refractivity contribution in [1.29, 1.82) is 0 Å². The molecule has 0 aliphatic carbocycles. The van der Waals surface area contributed by atoms with Gasteiger partial charge in [0.2, 0.25) is 10.5 Å². The minimum atomic E-state index is -1.21. The summed E-state index contributed by atoms with van der Waals surface area (Å²) in [5, 5.41) is -1.07. The molecule has 0 rings (SSSR count). The van der Waals surface area contributed by atoms with E-state index in [1.807, 2.05) is 21.1 Å². The van der Waals surface area contributed by atoms with Gasteiger partial charge in [-0.15, -0.1) is 0 Å². The van der Waals surface area contributed by atoms with Crippen molar-refractivity contribution in [2.75, 3.05) is 34.2 Å². The van der Waals surface area contributed by atoms with Gasteiger partial charge in [0.15, 0.2) is 6.54 Å². The SMILES string of the molecule is [2H]CCCCCCCCCCCCN(C(=O)C[N+](C)(C)C)[C@@](CCCCCCCCCCCC[2H])(CCC(=O)Cl)C(=O)Cl. The zero-order chi connectivity index (χ0) is 32.4. The van der Waals surface area contributed by atoms with Gasteiger partial charge in [-0.3, -0.25) is 14.4 Å². The van der Waals surface area contributed by atoms with Crippen LogP contribution in [0.25, 0.3) is 0 Å². The maximum absolute atomic E-state index is 13.7. The number of rotatable bonds is 29. The van der Waals surface area contributed by atoms with E-state index in [0.29, 0.717) is 31.2 Å². The number of amides is 1. The highest BCUT2D eigenvalue weighted by Crippen LogP contribution is 2.33. The van der Waals surface area contributed by atoms with Crippen LogP contribution in [0, 0.1) is 0 Å². The summed E-state index contributed by atoms with van der Waals surface area (Å²) in [6, 6.07) is 0. The van der Waals surface area contributed by atoms with Crippen molar-refractivity contribution in [3.8, 4) is 0 Å². The number of carbonyl (C=O) groups is 3. The molecule has 0 unspecified atom stereocenters. The summed E-state index contributed by atoms with van der Waals surface area (Å²) in [4.78, 5) is 40.5. The van der Waals surface area contributed by atoms with Crippen molar-refractivity contribution in [2.24, 2.45) is 0 Å². The van der Waals surface area contributed by atoms with Crippen LogP contribution < -0.4 is 0 Å². The van der Waals surface area contributed by atoms with E-state index in [2.05, 4.69) is 0 Å². The number of quaternary nitrogens is 1. The lowest BCUT2D eigenvalue weighted by Crippen LogP contribution is -2.59. The van der Waals surface area contributed by atoms with Crippen molar-refractivity contribution in [2.45, 2.75) is 167 Å². The van der Waals surface area contributed by atoms with Gasteiger partial charge in [0.05, 0.1) is 21.1 Å². The Morgan fingerprint density at radius 2 is 1.05 bits per heavy atom. The largest absolute Gasteiger partial charge is 0.324 e. The summed E-state index contributed by atoms with van der Waals surface area (Å²) in [7, 11) is 5.89. The summed E-state index contributed by atoms with van der Waals surface area (Å²) in [6.45, 7) is 1.77. The molecule has 0 radical (unpaired) electrons. The minimum Gasteiger partial charge on any atom is -0.324 e. The second-order valence-electron chi connectivity index (χ2n) is 13.0. The van der Waals surface area contributed by atoms with Crippen LogP contribution in [-0.2, 0) is 14.4 Å². The quantitative estimate of drug-likeness (QED) is 0.0474. The molecule has 0 aromatic carbocycles. The monoisotopic (exact) mass is 621 g/mol. The summed E-state index contributed by atoms with van der Waals surface area (Å²) < 4.78 is 14.9. The standard InChI is InChI=1S/C34H65Cl2N2O3/c1-6-8-10-12-14-16-18-20-22-24-27-34(33(36)41,28-26-31(35)39)37(32(40)30-38(3,4)5)29-25-23-21-19-17-15-13-11-9-7-2/h6-30H2,1-5H3/q+1/t34-/m0/s1/i1D,2D. The molecule has 0 N–H and O–H groups in total. The average Bonchev–Trinajstić information content (AvgIpc) is 2.93. The Kier molecular flexibility index (Phi) is 22.1. The maximum Gasteiger partial charge on any atom is 0.278 e. The van der Waals surface area contributed by atoms with E-state index in [1.165, 1.54) is 51.4 Å². The molecule has 0 bridgehead atoms. The first kappa shape index (κ1) is 36.5. The molecule has 0 spiro atoms. The van der Waals surface area contributed by atoms with Crippen molar-refractivity contribution < 1.29 is 21.6 Å². The van der Waals surface area contributed by atoms with E-state index < -0.39 is 16.0 Å². The lowest BCUT2D eigenvalue weighted by atomic mass is 9.85. The smallest absolute Gasteiger partial charge is 0.278 e. The van der Waals surface area contributed by atoms with E-state index >= 15 is 0 Å². The molecule has 0 fully saturated rings. The molecule has 0 heterocycles. The third kappa shape index (κ3) is 20.8. The van der Waals surface area contributed by atoms with Crippen LogP contribution >= 0.6 is 23.2 Å². The molecule has 0 aliphatic rings. The Balaban J connectivity index is 5.17. The summed E-state index contributed by atoms with van der Waals surface area (Å²) in [5.41, 5.74) is -1.21. The third-order valence-electron chi connectivity index (χ3n) is 8.00. The van der Waals surface area contributed by atoms with Gasteiger partial charge in [0.25, 0.3) is 5.91 Å². The number of hydrogen-bond donors (Lipinski definition) is 0. The van der Waals surface area contributed by atoms with Gasteiger partial charge in [0.1, 0.15) is 5.54 Å². The normalized spacial score (nSPS) is 13.9. The molecule has 0 aliphatic heterocycles. The van der Waals surface area contributed by atoms with Gasteiger partial charge in [0, 0.05) is 15.7 Å². The fraction of sp³-hybridized carbons (Fsp3) is 0.912. The van der Waals surface area contributed by atoms with E-state index in [1.54, 1.807) is 4.90 Å². The Bertz CT molecular complexity index is 737. The number of halogens is 2. The molecule has 0 saturated carbocycles. The van der Waals surface area contributed by atoms with Crippen LogP contribution in [0.3, 0.4) is 0 Å². The van der Waals surface area contributed by atoms with E-state index in [0.717, 1.165) is 77.0 Å². The summed E-state index contributed by atoms with van der Waals surface area (Å²) >= 11 is 12.1. The minimum absolute atomic E-state index is 0.0101. The van der Waals surface area contributed by atoms with Crippen LogP contribution in [0.5, 0.6) is 0 Å². The van der Waals surface area contributed by atoms with Crippen LogP contribution in [0.1, 0.15) is 164 Å². The first-order chi connectivity index (χ1) is 20.5. The number of unbranched alkanes of at least 4 members (excludes halogenated alkanes) is 18. The second kappa shape index (κ2) is 24.8. The molecule has 1 amide bonds. The molecule has 0 aromatic rings. The van der Waals surface area contributed by atoms with Gasteiger partial charge in [-0.2, -0.15) is 0 Å². The highest BCUT2D eigenvalue weighted by atomic mass is 35.5. The van der Waals surface area contributed by atoms with Crippen molar-refractivity contribution in [3.05, 3.63) is 0 Å². The number of carbonyl (C=O) groups excluding carboxylic acids is 3. The highest BCUT2D eigenvalue weighted by molar-refractivity contribution is 6.66. The fourth-order valence-corrected chi connectivity index (χ4v) is 5.97. The van der Waals surface area contributed by atoms with Crippen LogP contribution in [-0.4, -0.2) is 65.5 Å². The van der Waals surface area contributed by atoms with E-state index in [-0.39, 0.29) is 25.3 Å². The molecule has 7 heteroatoms. The predicted octanol–water partition coefficient (Wildman–Crippen LogP) is 9.80. The summed E-state index contributed by atoms with van der Waals surface area (Å²) in [5.74, 6) is -0.0957. The molecular formula is C34H65Cl2N2O3+. The van der Waals surface area contributed by atoms with Crippen molar-refractivity contribution >= 4 is 39.6 Å². The molecule has 5 nitrogen and oxygen atoms in total. The Hall–Kier alpha value is -0.650. The van der Waals surface area contributed by atoms with Gasteiger partial charge in [-0.05, 0) is 42.5 Å². The van der Waals surface area contributed by atoms with Crippen molar-refractivity contribution in [3.63, 3.8) is 0 Å². The zero-order valence-electron chi connectivity index (χ0n) is 29.0. The first-order valence-corrected chi connectivity index (χ1v) is 17.3. The molecule has 0 saturated heterocycles. The fourth-order valence-electron chi connectivity index (χ4n) is 5.59. The average molecular weight is 623 g/mol. The Morgan fingerprint density at radius 3 is 1.44 bits per heavy atom. The van der Waals surface area contributed by atoms with E-state index in [4.69, 9.17) is 25.9 Å². The number of nitrogens with zero attached hydrogens (tertiary/aromatic N) is 2. The van der Waals surface area contributed by atoms with Crippen LogP contribution in [0.4, 0.5) is 0 Å². The molecule has 1 atom stereocenters. The second-order valence-corrected chi connectivity index (χ2v) is 13.7. The third-order valence-corrected chi connectivity index (χ3v) is 8.54.